The Balaban J connectivity index is 1.80. The van der Waals surface area contributed by atoms with Crippen molar-refractivity contribution in [2.75, 3.05) is 37.5 Å². The number of nitrogens with one attached hydrogen (secondary N) is 1. The smallest absolute Gasteiger partial charge is 0.338 e. The van der Waals surface area contributed by atoms with E-state index >= 15 is 0 Å². The Bertz CT molecular complexity index is 740. The Labute approximate surface area is 160 Å². The number of amides is 1. The molecule has 0 fully saturated rings. The molecule has 0 spiro atoms. The van der Waals surface area contributed by atoms with Crippen molar-refractivity contribution in [3.63, 3.8) is 0 Å². The molecule has 0 heterocycles. The Kier molecular flexibility index (Phi) is 7.67. The zero-order chi connectivity index (χ0) is 19.6. The molecule has 0 aromatic heterocycles. The first kappa shape index (κ1) is 20.3. The standard InChI is InChI=1S/C21H26N2O4/c1-4-5-14-26-21(25)16-6-12-19(13-7-16)27-15-20(24)22-17-8-10-18(11-9-17)23(2)3/h6-13H,4-5,14-15H2,1-3H3,(H,22,24). The van der Waals surface area contributed by atoms with Gasteiger partial charge in [-0.2, -0.15) is 0 Å². The van der Waals surface area contributed by atoms with E-state index in [0.717, 1.165) is 18.5 Å². The number of hydrogen-bond donors (Lipinski definition) is 1. The second-order valence-electron chi connectivity index (χ2n) is 6.29. The molecule has 0 aliphatic carbocycles. The van der Waals surface area contributed by atoms with Crippen molar-refractivity contribution in [1.82, 2.24) is 0 Å². The van der Waals surface area contributed by atoms with E-state index in [4.69, 9.17) is 9.47 Å². The summed E-state index contributed by atoms with van der Waals surface area (Å²) in [5.74, 6) is -0.0946. The predicted octanol–water partition coefficient (Wildman–Crippen LogP) is 3.73. The monoisotopic (exact) mass is 370 g/mol. The lowest BCUT2D eigenvalue weighted by atomic mass is 10.2. The van der Waals surface area contributed by atoms with Crippen LogP contribution in [0.3, 0.4) is 0 Å². The fraction of sp³-hybridized carbons (Fsp3) is 0.333. The number of hydrogen-bond acceptors (Lipinski definition) is 5. The number of unbranched alkanes of at least 4 members (excludes halogenated alkanes) is 1. The second kappa shape index (κ2) is 10.2. The molecule has 0 unspecified atom stereocenters. The fourth-order valence-corrected chi connectivity index (χ4v) is 2.27. The van der Waals surface area contributed by atoms with Crippen LogP contribution in [0.25, 0.3) is 0 Å². The predicted molar refractivity (Wildman–Crippen MR) is 107 cm³/mol. The summed E-state index contributed by atoms with van der Waals surface area (Å²) < 4.78 is 10.6. The van der Waals surface area contributed by atoms with Crippen LogP contribution in [0.2, 0.25) is 0 Å². The van der Waals surface area contributed by atoms with Gasteiger partial charge < -0.3 is 19.7 Å². The van der Waals surface area contributed by atoms with Crippen LogP contribution in [-0.2, 0) is 9.53 Å². The van der Waals surface area contributed by atoms with Gasteiger partial charge in [-0.05, 0) is 55.0 Å². The van der Waals surface area contributed by atoms with Crippen molar-refractivity contribution in [3.05, 3.63) is 54.1 Å². The van der Waals surface area contributed by atoms with Crippen LogP contribution in [0.15, 0.2) is 48.5 Å². The van der Waals surface area contributed by atoms with Crippen LogP contribution in [0.1, 0.15) is 30.1 Å². The molecule has 0 aliphatic rings. The third-order valence-corrected chi connectivity index (χ3v) is 3.86. The van der Waals surface area contributed by atoms with Crippen LogP contribution in [0, 0.1) is 0 Å². The normalized spacial score (nSPS) is 10.2. The van der Waals surface area contributed by atoms with Gasteiger partial charge in [0, 0.05) is 25.5 Å². The number of carbonyl (C=O) groups is 2. The van der Waals surface area contributed by atoms with E-state index in [0.29, 0.717) is 23.6 Å². The molecule has 1 amide bonds. The summed E-state index contributed by atoms with van der Waals surface area (Å²) in [7, 11) is 3.91. The minimum absolute atomic E-state index is 0.115. The van der Waals surface area contributed by atoms with E-state index in [2.05, 4.69) is 5.32 Å². The lowest BCUT2D eigenvalue weighted by molar-refractivity contribution is -0.118. The zero-order valence-corrected chi connectivity index (χ0v) is 16.0. The topological polar surface area (TPSA) is 67.9 Å². The van der Waals surface area contributed by atoms with Crippen molar-refractivity contribution < 1.29 is 19.1 Å². The zero-order valence-electron chi connectivity index (χ0n) is 16.0. The molecule has 27 heavy (non-hydrogen) atoms. The van der Waals surface area contributed by atoms with E-state index in [1.165, 1.54) is 0 Å². The van der Waals surface area contributed by atoms with E-state index < -0.39 is 0 Å². The summed E-state index contributed by atoms with van der Waals surface area (Å²) in [5, 5.41) is 2.78. The molecule has 2 aromatic carbocycles. The number of ether oxygens (including phenoxy) is 2. The van der Waals surface area contributed by atoms with Crippen molar-refractivity contribution >= 4 is 23.3 Å². The summed E-state index contributed by atoms with van der Waals surface area (Å²) in [6.45, 7) is 2.34. The van der Waals surface area contributed by atoms with Gasteiger partial charge >= 0.3 is 5.97 Å². The first-order valence-corrected chi connectivity index (χ1v) is 8.97. The molecular formula is C21H26N2O4. The van der Waals surface area contributed by atoms with Crippen molar-refractivity contribution in [3.8, 4) is 5.75 Å². The number of carbonyl (C=O) groups excluding carboxylic acids is 2. The Hall–Kier alpha value is -3.02. The SMILES string of the molecule is CCCCOC(=O)c1ccc(OCC(=O)Nc2ccc(N(C)C)cc2)cc1. The molecule has 2 rings (SSSR count). The number of rotatable bonds is 9. The largest absolute Gasteiger partial charge is 0.484 e. The third kappa shape index (κ3) is 6.66. The van der Waals surface area contributed by atoms with E-state index in [-0.39, 0.29) is 18.5 Å². The highest BCUT2D eigenvalue weighted by Crippen LogP contribution is 2.16. The number of anilines is 2. The van der Waals surface area contributed by atoms with Gasteiger partial charge in [-0.15, -0.1) is 0 Å². The summed E-state index contributed by atoms with van der Waals surface area (Å²) >= 11 is 0. The maximum absolute atomic E-state index is 12.0. The molecule has 6 nitrogen and oxygen atoms in total. The number of nitrogens with zero attached hydrogens (tertiary/aromatic N) is 1. The van der Waals surface area contributed by atoms with Gasteiger partial charge in [-0.1, -0.05) is 13.3 Å². The molecule has 1 N–H and O–H groups in total. The first-order chi connectivity index (χ1) is 13.0. The highest BCUT2D eigenvalue weighted by atomic mass is 16.5. The van der Waals surface area contributed by atoms with Gasteiger partial charge in [-0.3, -0.25) is 4.79 Å². The Morgan fingerprint density at radius 3 is 2.26 bits per heavy atom. The first-order valence-electron chi connectivity index (χ1n) is 8.97. The average molecular weight is 370 g/mol. The molecule has 0 atom stereocenters. The molecule has 2 aromatic rings. The molecule has 6 heteroatoms. The van der Waals surface area contributed by atoms with Gasteiger partial charge in [0.1, 0.15) is 5.75 Å². The quantitative estimate of drug-likeness (QED) is 0.538. The van der Waals surface area contributed by atoms with Crippen LogP contribution < -0.4 is 15.0 Å². The lowest BCUT2D eigenvalue weighted by Crippen LogP contribution is -2.20. The van der Waals surface area contributed by atoms with Crippen LogP contribution in [0.4, 0.5) is 11.4 Å². The maximum atomic E-state index is 12.0. The molecule has 144 valence electrons. The van der Waals surface area contributed by atoms with Gasteiger partial charge in [0.2, 0.25) is 0 Å². The van der Waals surface area contributed by atoms with Crippen LogP contribution in [0.5, 0.6) is 5.75 Å². The van der Waals surface area contributed by atoms with Crippen molar-refractivity contribution in [2.24, 2.45) is 0 Å². The Morgan fingerprint density at radius 2 is 1.67 bits per heavy atom. The minimum Gasteiger partial charge on any atom is -0.484 e. The molecule has 0 saturated heterocycles. The number of benzene rings is 2. The summed E-state index contributed by atoms with van der Waals surface area (Å²) in [5.41, 5.74) is 2.22. The highest BCUT2D eigenvalue weighted by molar-refractivity contribution is 5.92. The molecule has 0 bridgehead atoms. The lowest BCUT2D eigenvalue weighted by Gasteiger charge is -2.13. The van der Waals surface area contributed by atoms with Crippen LogP contribution >= 0.6 is 0 Å². The van der Waals surface area contributed by atoms with Gasteiger partial charge in [-0.25, -0.2) is 4.79 Å². The maximum Gasteiger partial charge on any atom is 0.338 e. The highest BCUT2D eigenvalue weighted by Gasteiger charge is 2.08. The molecule has 0 aliphatic heterocycles. The van der Waals surface area contributed by atoms with E-state index in [9.17, 15) is 9.59 Å². The second-order valence-corrected chi connectivity index (χ2v) is 6.29. The molecule has 0 saturated carbocycles. The van der Waals surface area contributed by atoms with Gasteiger partial charge in [0.15, 0.2) is 6.61 Å². The summed E-state index contributed by atoms with van der Waals surface area (Å²) in [4.78, 5) is 25.8. The molecule has 0 radical (unpaired) electrons. The Morgan fingerprint density at radius 1 is 1.00 bits per heavy atom. The fourth-order valence-electron chi connectivity index (χ4n) is 2.27. The average Bonchev–Trinajstić information content (AvgIpc) is 2.67. The summed E-state index contributed by atoms with van der Waals surface area (Å²) in [6, 6.07) is 14.1. The van der Waals surface area contributed by atoms with Gasteiger partial charge in [0.05, 0.1) is 12.2 Å². The van der Waals surface area contributed by atoms with E-state index in [1.54, 1.807) is 24.3 Å². The summed E-state index contributed by atoms with van der Waals surface area (Å²) in [6.07, 6.45) is 1.82. The minimum atomic E-state index is -0.353. The number of esters is 1. The molecular weight excluding hydrogens is 344 g/mol. The van der Waals surface area contributed by atoms with Gasteiger partial charge in [0.25, 0.3) is 5.91 Å². The van der Waals surface area contributed by atoms with Crippen LogP contribution in [-0.4, -0.2) is 39.2 Å². The van der Waals surface area contributed by atoms with Crippen molar-refractivity contribution in [2.45, 2.75) is 19.8 Å². The van der Waals surface area contributed by atoms with Crippen molar-refractivity contribution in [1.29, 1.82) is 0 Å². The third-order valence-electron chi connectivity index (χ3n) is 3.86. The van der Waals surface area contributed by atoms with E-state index in [1.807, 2.05) is 50.2 Å².